The Morgan fingerprint density at radius 2 is 0.740 bits per heavy atom. The molecule has 0 aliphatic carbocycles. The molecule has 5 nitrogen and oxygen atoms in total. The second-order valence-corrected chi connectivity index (χ2v) is 12.2. The van der Waals surface area contributed by atoms with Gasteiger partial charge in [0.2, 0.25) is 5.95 Å². The van der Waals surface area contributed by atoms with Gasteiger partial charge in [0.15, 0.2) is 11.6 Å². The topological polar surface area (TPSA) is 43.6 Å². The number of benzene rings is 7. The summed E-state index contributed by atoms with van der Waals surface area (Å²) in [5.74, 6) is 1.80. The first-order valence-corrected chi connectivity index (χ1v) is 16.8. The third-order valence-corrected chi connectivity index (χ3v) is 9.36. The molecule has 0 radical (unpaired) electrons. The molecular formula is C45H32N5+. The lowest BCUT2D eigenvalue weighted by Gasteiger charge is -2.37. The summed E-state index contributed by atoms with van der Waals surface area (Å²) in [6.45, 7) is 0. The molecule has 2 aromatic heterocycles. The van der Waals surface area contributed by atoms with Crippen molar-refractivity contribution in [2.45, 2.75) is 0 Å². The number of fused-ring (bicyclic) bond motifs is 3. The van der Waals surface area contributed by atoms with Crippen LogP contribution in [0.5, 0.6) is 0 Å². The summed E-state index contributed by atoms with van der Waals surface area (Å²) in [4.78, 5) is 15.5. The maximum absolute atomic E-state index is 5.25. The maximum atomic E-state index is 5.25. The van der Waals surface area contributed by atoms with Crippen LogP contribution in [-0.2, 0) is 0 Å². The lowest BCUT2D eigenvalue weighted by Crippen LogP contribution is -2.33. The SMILES string of the molecule is c1ccc(-c2nc(-c3cccc([N+](c4ccccc4)(c4ccccc4)c4ccccc4)c3)nc(-n3c4ccccc4c4ccccc43)n2)cc1. The van der Waals surface area contributed by atoms with Gasteiger partial charge >= 0.3 is 0 Å². The van der Waals surface area contributed by atoms with Crippen LogP contribution in [-0.4, -0.2) is 19.5 Å². The summed E-state index contributed by atoms with van der Waals surface area (Å²) in [5, 5.41) is 2.31. The molecule has 0 bridgehead atoms. The first kappa shape index (κ1) is 29.4. The molecule has 0 saturated heterocycles. The van der Waals surface area contributed by atoms with Gasteiger partial charge in [-0.25, -0.2) is 4.98 Å². The van der Waals surface area contributed by atoms with Crippen LogP contribution in [0, 0.1) is 0 Å². The van der Waals surface area contributed by atoms with Gasteiger partial charge in [-0.3, -0.25) is 4.57 Å². The van der Waals surface area contributed by atoms with Crippen LogP contribution in [0.15, 0.2) is 194 Å². The Bertz CT molecular complexity index is 2430. The highest BCUT2D eigenvalue weighted by Crippen LogP contribution is 2.51. The molecular weight excluding hydrogens is 611 g/mol. The normalized spacial score (nSPS) is 11.6. The van der Waals surface area contributed by atoms with Crippen molar-refractivity contribution in [3.05, 3.63) is 194 Å². The summed E-state index contributed by atoms with van der Waals surface area (Å²) in [6, 6.07) is 67.7. The highest BCUT2D eigenvalue weighted by Gasteiger charge is 2.39. The molecule has 0 amide bonds. The van der Waals surface area contributed by atoms with E-state index in [0.29, 0.717) is 22.1 Å². The van der Waals surface area contributed by atoms with Crippen LogP contribution in [0.1, 0.15) is 0 Å². The predicted octanol–water partition coefficient (Wildman–Crippen LogP) is 11.6. The molecule has 5 heteroatoms. The minimum atomic E-state index is 0.382. The Morgan fingerprint density at radius 1 is 0.340 bits per heavy atom. The zero-order valence-corrected chi connectivity index (χ0v) is 27.2. The monoisotopic (exact) mass is 642 g/mol. The molecule has 50 heavy (non-hydrogen) atoms. The molecule has 236 valence electrons. The Hall–Kier alpha value is -6.69. The molecule has 0 saturated carbocycles. The number of quaternary nitrogens is 1. The zero-order chi connectivity index (χ0) is 33.3. The highest BCUT2D eigenvalue weighted by molar-refractivity contribution is 6.09. The van der Waals surface area contributed by atoms with Crippen LogP contribution in [0.25, 0.3) is 50.5 Å². The van der Waals surface area contributed by atoms with Gasteiger partial charge in [-0.15, -0.1) is 0 Å². The number of nitrogens with zero attached hydrogens (tertiary/aromatic N) is 5. The van der Waals surface area contributed by atoms with Crippen molar-refractivity contribution < 1.29 is 0 Å². The van der Waals surface area contributed by atoms with E-state index in [-0.39, 0.29) is 0 Å². The smallest absolute Gasteiger partial charge is 0.238 e. The zero-order valence-electron chi connectivity index (χ0n) is 27.2. The van der Waals surface area contributed by atoms with Crippen molar-refractivity contribution in [1.82, 2.24) is 24.0 Å². The summed E-state index contributed by atoms with van der Waals surface area (Å²) in [7, 11) is 0. The van der Waals surface area contributed by atoms with Crippen molar-refractivity contribution in [2.75, 3.05) is 0 Å². The van der Waals surface area contributed by atoms with Gasteiger partial charge in [-0.05, 0) is 12.1 Å². The van der Waals surface area contributed by atoms with Gasteiger partial charge in [0, 0.05) is 70.4 Å². The second kappa shape index (κ2) is 12.4. The Labute approximate surface area is 290 Å². The van der Waals surface area contributed by atoms with Crippen molar-refractivity contribution in [3.8, 4) is 28.7 Å². The van der Waals surface area contributed by atoms with Crippen LogP contribution >= 0.6 is 0 Å². The lowest BCUT2D eigenvalue weighted by molar-refractivity contribution is 0.704. The predicted molar refractivity (Wildman–Crippen MR) is 205 cm³/mol. The van der Waals surface area contributed by atoms with E-state index in [4.69, 9.17) is 15.0 Å². The molecule has 2 heterocycles. The fourth-order valence-electron chi connectivity index (χ4n) is 7.15. The summed E-state index contributed by atoms with van der Waals surface area (Å²) < 4.78 is 2.54. The Kier molecular flexibility index (Phi) is 7.30. The molecule has 9 rings (SSSR count). The van der Waals surface area contributed by atoms with Gasteiger partial charge in [0.25, 0.3) is 0 Å². The molecule has 0 aliphatic rings. The third kappa shape index (κ3) is 4.88. The average Bonchev–Trinajstić information content (AvgIpc) is 3.54. The van der Waals surface area contributed by atoms with E-state index in [1.165, 1.54) is 0 Å². The molecule has 0 spiro atoms. The van der Waals surface area contributed by atoms with E-state index in [0.717, 1.165) is 55.7 Å². The minimum Gasteiger partial charge on any atom is -0.278 e. The highest BCUT2D eigenvalue weighted by atomic mass is 15.4. The maximum Gasteiger partial charge on any atom is 0.238 e. The largest absolute Gasteiger partial charge is 0.278 e. The van der Waals surface area contributed by atoms with Crippen LogP contribution in [0.3, 0.4) is 0 Å². The molecule has 0 aliphatic heterocycles. The fourth-order valence-corrected chi connectivity index (χ4v) is 7.15. The van der Waals surface area contributed by atoms with E-state index in [9.17, 15) is 0 Å². The minimum absolute atomic E-state index is 0.382. The van der Waals surface area contributed by atoms with Gasteiger partial charge in [-0.1, -0.05) is 133 Å². The van der Waals surface area contributed by atoms with Gasteiger partial charge in [0.1, 0.15) is 22.7 Å². The quantitative estimate of drug-likeness (QED) is 0.163. The number of aromatic nitrogens is 4. The number of hydrogen-bond donors (Lipinski definition) is 0. The molecule has 7 aromatic carbocycles. The molecule has 9 aromatic rings. The molecule has 0 unspecified atom stereocenters. The third-order valence-electron chi connectivity index (χ3n) is 9.36. The summed E-state index contributed by atoms with van der Waals surface area (Å²) >= 11 is 0. The Balaban J connectivity index is 1.32. The van der Waals surface area contributed by atoms with Crippen molar-refractivity contribution >= 4 is 44.6 Å². The van der Waals surface area contributed by atoms with E-state index in [2.05, 4.69) is 168 Å². The van der Waals surface area contributed by atoms with Crippen LogP contribution in [0.2, 0.25) is 0 Å². The Morgan fingerprint density at radius 3 is 1.26 bits per heavy atom. The second-order valence-electron chi connectivity index (χ2n) is 12.2. The van der Waals surface area contributed by atoms with E-state index in [1.807, 2.05) is 30.3 Å². The number of hydrogen-bond acceptors (Lipinski definition) is 3. The standard InChI is InChI=1S/C45H32N5/c1-5-18-33(19-6-1)43-46-44(48-45(47-43)49-41-30-15-13-28-39(41)40-29-14-16-31-42(40)49)34-20-17-27-38(32-34)50(35-21-7-2-8-22-35,36-23-9-3-10-24-36)37-25-11-4-12-26-37/h1-32H/q+1. The van der Waals surface area contributed by atoms with Crippen LogP contribution < -0.4 is 4.48 Å². The average molecular weight is 643 g/mol. The van der Waals surface area contributed by atoms with E-state index < -0.39 is 0 Å². The first-order valence-electron chi connectivity index (χ1n) is 16.8. The van der Waals surface area contributed by atoms with E-state index >= 15 is 0 Å². The van der Waals surface area contributed by atoms with Gasteiger partial charge in [-0.2, -0.15) is 14.5 Å². The van der Waals surface area contributed by atoms with Crippen molar-refractivity contribution in [3.63, 3.8) is 0 Å². The summed E-state index contributed by atoms with van der Waals surface area (Å²) in [5.41, 5.74) is 8.34. The molecule has 0 N–H and O–H groups in total. The first-order chi connectivity index (χ1) is 24.8. The summed E-state index contributed by atoms with van der Waals surface area (Å²) in [6.07, 6.45) is 0. The van der Waals surface area contributed by atoms with Gasteiger partial charge in [0.05, 0.1) is 11.0 Å². The molecule has 0 fully saturated rings. The number of rotatable bonds is 7. The van der Waals surface area contributed by atoms with E-state index in [1.54, 1.807) is 0 Å². The molecule has 0 atom stereocenters. The van der Waals surface area contributed by atoms with Crippen molar-refractivity contribution in [1.29, 1.82) is 0 Å². The van der Waals surface area contributed by atoms with Crippen molar-refractivity contribution in [2.24, 2.45) is 0 Å². The number of para-hydroxylation sites is 5. The van der Waals surface area contributed by atoms with Crippen LogP contribution in [0.4, 0.5) is 22.7 Å². The lowest BCUT2D eigenvalue weighted by atomic mass is 10.0. The van der Waals surface area contributed by atoms with Gasteiger partial charge < -0.3 is 0 Å². The fraction of sp³-hybridized carbons (Fsp3) is 0.